The highest BCUT2D eigenvalue weighted by atomic mass is 16.5. The van der Waals surface area contributed by atoms with Crippen LogP contribution < -0.4 is 9.64 Å². The lowest BCUT2D eigenvalue weighted by atomic mass is 10.0. The van der Waals surface area contributed by atoms with E-state index in [1.165, 1.54) is 34.9 Å². The third kappa shape index (κ3) is 3.96. The highest BCUT2D eigenvalue weighted by Gasteiger charge is 2.16. The van der Waals surface area contributed by atoms with Crippen LogP contribution in [0.5, 0.6) is 5.75 Å². The second-order valence-corrected chi connectivity index (χ2v) is 6.60. The molecule has 0 N–H and O–H groups in total. The second kappa shape index (κ2) is 8.06. The summed E-state index contributed by atoms with van der Waals surface area (Å²) in [6.07, 6.45) is 2.36. The highest BCUT2D eigenvalue weighted by molar-refractivity contribution is 5.85. The standard InChI is InChI=1S/C23H27NO/c1-4-8-18(2)24(21-13-15-22(25-3)16-14-21)17-20-11-7-10-19-9-5-6-12-23(19)20/h5-7,9-16,18H,4,8,17H2,1-3H3. The summed E-state index contributed by atoms with van der Waals surface area (Å²) in [6.45, 7) is 5.48. The van der Waals surface area contributed by atoms with Crippen molar-refractivity contribution in [2.24, 2.45) is 0 Å². The summed E-state index contributed by atoms with van der Waals surface area (Å²) in [7, 11) is 1.71. The molecule has 0 aliphatic rings. The lowest BCUT2D eigenvalue weighted by Crippen LogP contribution is -2.32. The normalized spacial score (nSPS) is 12.1. The molecule has 2 heteroatoms. The summed E-state index contributed by atoms with van der Waals surface area (Å²) in [4.78, 5) is 2.50. The summed E-state index contributed by atoms with van der Waals surface area (Å²) >= 11 is 0. The number of ether oxygens (including phenoxy) is 1. The zero-order valence-electron chi connectivity index (χ0n) is 15.4. The molecule has 0 spiro atoms. The summed E-state index contributed by atoms with van der Waals surface area (Å²) in [5, 5.41) is 2.64. The molecule has 0 saturated carbocycles. The molecule has 0 aliphatic heterocycles. The van der Waals surface area contributed by atoms with E-state index in [2.05, 4.69) is 73.3 Å². The average molecular weight is 333 g/mol. The minimum atomic E-state index is 0.484. The van der Waals surface area contributed by atoms with E-state index in [1.54, 1.807) is 7.11 Å². The van der Waals surface area contributed by atoms with Crippen LogP contribution >= 0.6 is 0 Å². The first-order valence-corrected chi connectivity index (χ1v) is 9.10. The topological polar surface area (TPSA) is 12.5 Å². The molecule has 0 aliphatic carbocycles. The van der Waals surface area contributed by atoms with Crippen molar-refractivity contribution in [3.8, 4) is 5.75 Å². The van der Waals surface area contributed by atoms with Gasteiger partial charge in [0.25, 0.3) is 0 Å². The smallest absolute Gasteiger partial charge is 0.119 e. The van der Waals surface area contributed by atoms with Gasteiger partial charge in [-0.15, -0.1) is 0 Å². The van der Waals surface area contributed by atoms with Crippen LogP contribution in [0.2, 0.25) is 0 Å². The van der Waals surface area contributed by atoms with Crippen LogP contribution in [0.4, 0.5) is 5.69 Å². The molecule has 0 radical (unpaired) electrons. The summed E-state index contributed by atoms with van der Waals surface area (Å²) in [5.74, 6) is 0.900. The average Bonchev–Trinajstić information content (AvgIpc) is 2.66. The highest BCUT2D eigenvalue weighted by Crippen LogP contribution is 2.27. The van der Waals surface area contributed by atoms with Crippen molar-refractivity contribution < 1.29 is 4.74 Å². The minimum absolute atomic E-state index is 0.484. The van der Waals surface area contributed by atoms with Crippen molar-refractivity contribution in [1.29, 1.82) is 0 Å². The Labute approximate surface area is 151 Å². The first kappa shape index (κ1) is 17.3. The quantitative estimate of drug-likeness (QED) is 0.522. The van der Waals surface area contributed by atoms with Gasteiger partial charge in [0.2, 0.25) is 0 Å². The molecule has 3 rings (SSSR count). The number of nitrogens with zero attached hydrogens (tertiary/aromatic N) is 1. The number of anilines is 1. The molecule has 0 heterocycles. The van der Waals surface area contributed by atoms with Crippen molar-refractivity contribution in [1.82, 2.24) is 0 Å². The molecule has 0 fully saturated rings. The molecule has 1 unspecified atom stereocenters. The van der Waals surface area contributed by atoms with E-state index in [0.717, 1.165) is 12.3 Å². The number of fused-ring (bicyclic) bond motifs is 1. The van der Waals surface area contributed by atoms with Crippen molar-refractivity contribution >= 4 is 16.5 Å². The van der Waals surface area contributed by atoms with E-state index in [1.807, 2.05) is 12.1 Å². The van der Waals surface area contributed by atoms with Gasteiger partial charge in [-0.05, 0) is 53.9 Å². The summed E-state index contributed by atoms with van der Waals surface area (Å²) in [5.41, 5.74) is 2.62. The van der Waals surface area contributed by atoms with E-state index in [0.29, 0.717) is 6.04 Å². The minimum Gasteiger partial charge on any atom is -0.497 e. The first-order chi connectivity index (χ1) is 12.2. The van der Waals surface area contributed by atoms with Gasteiger partial charge in [-0.3, -0.25) is 0 Å². The summed E-state index contributed by atoms with van der Waals surface area (Å²) in [6, 6.07) is 24.1. The van der Waals surface area contributed by atoms with Crippen LogP contribution in [-0.2, 0) is 6.54 Å². The van der Waals surface area contributed by atoms with E-state index in [9.17, 15) is 0 Å². The Morgan fingerprint density at radius 2 is 1.64 bits per heavy atom. The molecule has 1 atom stereocenters. The number of methoxy groups -OCH3 is 1. The SMILES string of the molecule is CCCC(C)N(Cc1cccc2ccccc12)c1ccc(OC)cc1. The van der Waals surface area contributed by atoms with Gasteiger partial charge in [-0.25, -0.2) is 0 Å². The van der Waals surface area contributed by atoms with Crippen molar-refractivity contribution in [2.45, 2.75) is 39.3 Å². The van der Waals surface area contributed by atoms with Gasteiger partial charge < -0.3 is 9.64 Å². The molecule has 3 aromatic carbocycles. The number of rotatable bonds is 7. The van der Waals surface area contributed by atoms with Crippen molar-refractivity contribution in [3.63, 3.8) is 0 Å². The van der Waals surface area contributed by atoms with Crippen LogP contribution in [0.15, 0.2) is 66.7 Å². The zero-order valence-corrected chi connectivity index (χ0v) is 15.4. The Bertz CT molecular complexity index is 804. The van der Waals surface area contributed by atoms with E-state index < -0.39 is 0 Å². The molecule has 25 heavy (non-hydrogen) atoms. The predicted molar refractivity (Wildman–Crippen MR) is 107 cm³/mol. The number of hydrogen-bond donors (Lipinski definition) is 0. The van der Waals surface area contributed by atoms with Gasteiger partial charge in [-0.1, -0.05) is 55.8 Å². The van der Waals surface area contributed by atoms with E-state index >= 15 is 0 Å². The molecule has 2 nitrogen and oxygen atoms in total. The van der Waals surface area contributed by atoms with Crippen LogP contribution in [0.1, 0.15) is 32.3 Å². The van der Waals surface area contributed by atoms with Gasteiger partial charge in [0.15, 0.2) is 0 Å². The Hall–Kier alpha value is -2.48. The number of benzene rings is 3. The van der Waals surface area contributed by atoms with Crippen LogP contribution in [0.25, 0.3) is 10.8 Å². The van der Waals surface area contributed by atoms with Crippen molar-refractivity contribution in [2.75, 3.05) is 12.0 Å². The van der Waals surface area contributed by atoms with Gasteiger partial charge in [-0.2, -0.15) is 0 Å². The maximum Gasteiger partial charge on any atom is 0.119 e. The molecule has 0 bridgehead atoms. The van der Waals surface area contributed by atoms with E-state index in [4.69, 9.17) is 4.74 Å². The number of hydrogen-bond acceptors (Lipinski definition) is 2. The van der Waals surface area contributed by atoms with Crippen LogP contribution in [0, 0.1) is 0 Å². The predicted octanol–water partition coefficient (Wildman–Crippen LogP) is 6.04. The molecule has 0 aromatic heterocycles. The Morgan fingerprint density at radius 1 is 0.920 bits per heavy atom. The molecular weight excluding hydrogens is 306 g/mol. The fourth-order valence-electron chi connectivity index (χ4n) is 3.46. The third-order valence-electron chi connectivity index (χ3n) is 4.86. The molecule has 0 amide bonds. The van der Waals surface area contributed by atoms with Crippen molar-refractivity contribution in [3.05, 3.63) is 72.3 Å². The molecule has 3 aromatic rings. The fourth-order valence-corrected chi connectivity index (χ4v) is 3.46. The van der Waals surface area contributed by atoms with Gasteiger partial charge >= 0.3 is 0 Å². The molecule has 130 valence electrons. The maximum atomic E-state index is 5.31. The monoisotopic (exact) mass is 333 g/mol. The maximum absolute atomic E-state index is 5.31. The first-order valence-electron chi connectivity index (χ1n) is 9.10. The fraction of sp³-hybridized carbons (Fsp3) is 0.304. The Kier molecular flexibility index (Phi) is 5.60. The van der Waals surface area contributed by atoms with Gasteiger partial charge in [0, 0.05) is 18.3 Å². The van der Waals surface area contributed by atoms with Crippen LogP contribution in [-0.4, -0.2) is 13.2 Å². The van der Waals surface area contributed by atoms with Crippen LogP contribution in [0.3, 0.4) is 0 Å². The molecule has 0 saturated heterocycles. The van der Waals surface area contributed by atoms with Gasteiger partial charge in [0.1, 0.15) is 5.75 Å². The lowest BCUT2D eigenvalue weighted by molar-refractivity contribution is 0.414. The summed E-state index contributed by atoms with van der Waals surface area (Å²) < 4.78 is 5.31. The van der Waals surface area contributed by atoms with Gasteiger partial charge in [0.05, 0.1) is 7.11 Å². The molecular formula is C23H27NO. The van der Waals surface area contributed by atoms with E-state index in [-0.39, 0.29) is 0 Å². The lowest BCUT2D eigenvalue weighted by Gasteiger charge is -2.32. The third-order valence-corrected chi connectivity index (χ3v) is 4.86. The second-order valence-electron chi connectivity index (χ2n) is 6.60. The Balaban J connectivity index is 1.96. The Morgan fingerprint density at radius 3 is 2.36 bits per heavy atom. The zero-order chi connectivity index (χ0) is 17.6. The largest absolute Gasteiger partial charge is 0.497 e.